The Balaban J connectivity index is 2.96. The molecular weight excluding hydrogens is 166 g/mol. The van der Waals surface area contributed by atoms with Gasteiger partial charge in [-0.2, -0.15) is 4.98 Å². The van der Waals surface area contributed by atoms with E-state index in [2.05, 4.69) is 23.9 Å². The average molecular weight is 183 g/mol. The smallest absolute Gasteiger partial charge is 0.246 e. The zero-order valence-electron chi connectivity index (χ0n) is 8.65. The van der Waals surface area contributed by atoms with Gasteiger partial charge < -0.3 is 10.6 Å². The Hall–Kier alpha value is -1.26. The standard InChI is InChI=1S/C8H17N5/c1-5-6(2)13-7(9)10-8(11-13)12(3)4/h6H,5H2,1-4H3,(H2,9,10,11). The first kappa shape index (κ1) is 9.83. The number of nitrogens with zero attached hydrogens (tertiary/aromatic N) is 4. The van der Waals surface area contributed by atoms with Crippen molar-refractivity contribution in [1.82, 2.24) is 14.8 Å². The summed E-state index contributed by atoms with van der Waals surface area (Å²) in [4.78, 5) is 5.98. The van der Waals surface area contributed by atoms with Crippen LogP contribution in [0.1, 0.15) is 26.3 Å². The van der Waals surface area contributed by atoms with E-state index >= 15 is 0 Å². The minimum atomic E-state index is 0.307. The molecule has 13 heavy (non-hydrogen) atoms. The van der Waals surface area contributed by atoms with E-state index < -0.39 is 0 Å². The number of nitrogen functional groups attached to an aromatic ring is 1. The summed E-state index contributed by atoms with van der Waals surface area (Å²) in [6, 6.07) is 0.307. The quantitative estimate of drug-likeness (QED) is 0.756. The molecule has 1 atom stereocenters. The van der Waals surface area contributed by atoms with Crippen molar-refractivity contribution in [2.24, 2.45) is 0 Å². The van der Waals surface area contributed by atoms with Gasteiger partial charge in [-0.25, -0.2) is 4.68 Å². The Bertz CT molecular complexity index is 278. The summed E-state index contributed by atoms with van der Waals surface area (Å²) in [5.74, 6) is 1.15. The molecule has 0 radical (unpaired) electrons. The summed E-state index contributed by atoms with van der Waals surface area (Å²) in [5, 5.41) is 4.29. The lowest BCUT2D eigenvalue weighted by molar-refractivity contribution is 0.484. The number of anilines is 2. The van der Waals surface area contributed by atoms with Crippen molar-refractivity contribution in [2.75, 3.05) is 24.7 Å². The SMILES string of the molecule is CCC(C)n1nc(N(C)C)nc1N. The van der Waals surface area contributed by atoms with Gasteiger partial charge in [0, 0.05) is 14.1 Å². The van der Waals surface area contributed by atoms with Crippen LogP contribution in [0.25, 0.3) is 0 Å². The Labute approximate surface area is 78.5 Å². The molecule has 0 saturated carbocycles. The summed E-state index contributed by atoms with van der Waals surface area (Å²) < 4.78 is 1.76. The molecule has 0 aliphatic heterocycles. The highest BCUT2D eigenvalue weighted by Gasteiger charge is 2.11. The Kier molecular flexibility index (Phi) is 2.75. The number of nitrogens with two attached hydrogens (primary N) is 1. The predicted molar refractivity (Wildman–Crippen MR) is 53.8 cm³/mol. The third-order valence-corrected chi connectivity index (χ3v) is 2.05. The molecule has 0 fully saturated rings. The van der Waals surface area contributed by atoms with Gasteiger partial charge >= 0.3 is 0 Å². The zero-order valence-corrected chi connectivity index (χ0v) is 8.65. The van der Waals surface area contributed by atoms with E-state index in [1.165, 1.54) is 0 Å². The fraction of sp³-hybridized carbons (Fsp3) is 0.750. The van der Waals surface area contributed by atoms with Crippen LogP contribution in [0.4, 0.5) is 11.9 Å². The lowest BCUT2D eigenvalue weighted by atomic mass is 10.3. The second-order valence-electron chi connectivity index (χ2n) is 3.37. The van der Waals surface area contributed by atoms with Gasteiger partial charge in [0.05, 0.1) is 6.04 Å². The molecule has 1 unspecified atom stereocenters. The minimum absolute atomic E-state index is 0.307. The highest BCUT2D eigenvalue weighted by atomic mass is 15.4. The summed E-state index contributed by atoms with van der Waals surface area (Å²) in [6.07, 6.45) is 1.00. The third-order valence-electron chi connectivity index (χ3n) is 2.05. The van der Waals surface area contributed by atoms with Crippen LogP contribution in [0, 0.1) is 0 Å². The Morgan fingerprint density at radius 1 is 1.54 bits per heavy atom. The van der Waals surface area contributed by atoms with Gasteiger partial charge in [-0.15, -0.1) is 5.10 Å². The van der Waals surface area contributed by atoms with E-state index in [0.717, 1.165) is 6.42 Å². The highest BCUT2D eigenvalue weighted by molar-refractivity contribution is 5.33. The Morgan fingerprint density at radius 3 is 2.54 bits per heavy atom. The van der Waals surface area contributed by atoms with Gasteiger partial charge in [0.15, 0.2) is 0 Å². The molecule has 1 heterocycles. The molecule has 0 aliphatic carbocycles. The molecule has 1 rings (SSSR count). The van der Waals surface area contributed by atoms with Gasteiger partial charge in [-0.1, -0.05) is 6.92 Å². The lowest BCUT2D eigenvalue weighted by Crippen LogP contribution is -2.12. The van der Waals surface area contributed by atoms with Crippen LogP contribution < -0.4 is 10.6 Å². The highest BCUT2D eigenvalue weighted by Crippen LogP contribution is 2.15. The third kappa shape index (κ3) is 1.91. The van der Waals surface area contributed by atoms with E-state index in [1.54, 1.807) is 4.68 Å². The van der Waals surface area contributed by atoms with Crippen molar-refractivity contribution in [3.63, 3.8) is 0 Å². The number of aromatic nitrogens is 3. The molecule has 0 amide bonds. The van der Waals surface area contributed by atoms with Crippen molar-refractivity contribution in [1.29, 1.82) is 0 Å². The second kappa shape index (κ2) is 3.64. The van der Waals surface area contributed by atoms with Crippen LogP contribution in [0.5, 0.6) is 0 Å². The summed E-state index contributed by atoms with van der Waals surface area (Å²) in [5.41, 5.74) is 5.72. The van der Waals surface area contributed by atoms with Crippen LogP contribution in [0.15, 0.2) is 0 Å². The lowest BCUT2D eigenvalue weighted by Gasteiger charge is -2.09. The maximum atomic E-state index is 5.72. The number of rotatable bonds is 3. The predicted octanol–water partition coefficient (Wildman–Crippen LogP) is 0.897. The topological polar surface area (TPSA) is 60.0 Å². The van der Waals surface area contributed by atoms with Crippen LogP contribution >= 0.6 is 0 Å². The van der Waals surface area contributed by atoms with Crippen molar-refractivity contribution in [2.45, 2.75) is 26.3 Å². The molecule has 5 nitrogen and oxygen atoms in total. The van der Waals surface area contributed by atoms with Crippen LogP contribution in [-0.2, 0) is 0 Å². The molecule has 0 saturated heterocycles. The fourth-order valence-electron chi connectivity index (χ4n) is 1.01. The summed E-state index contributed by atoms with van der Waals surface area (Å²) in [7, 11) is 3.80. The maximum Gasteiger partial charge on any atom is 0.246 e. The second-order valence-corrected chi connectivity index (χ2v) is 3.37. The van der Waals surface area contributed by atoms with Crippen LogP contribution in [0.3, 0.4) is 0 Å². The molecule has 0 spiro atoms. The van der Waals surface area contributed by atoms with E-state index in [-0.39, 0.29) is 0 Å². The summed E-state index contributed by atoms with van der Waals surface area (Å²) in [6.45, 7) is 4.17. The van der Waals surface area contributed by atoms with Crippen LogP contribution in [-0.4, -0.2) is 28.9 Å². The molecule has 1 aromatic heterocycles. The first-order valence-electron chi connectivity index (χ1n) is 4.45. The average Bonchev–Trinajstić information content (AvgIpc) is 2.46. The van der Waals surface area contributed by atoms with E-state index in [4.69, 9.17) is 5.73 Å². The van der Waals surface area contributed by atoms with Gasteiger partial charge in [-0.3, -0.25) is 0 Å². The monoisotopic (exact) mass is 183 g/mol. The molecule has 0 aliphatic rings. The maximum absolute atomic E-state index is 5.72. The van der Waals surface area contributed by atoms with Crippen molar-refractivity contribution in [3.05, 3.63) is 0 Å². The molecule has 0 bridgehead atoms. The molecule has 74 valence electrons. The van der Waals surface area contributed by atoms with E-state index in [0.29, 0.717) is 17.9 Å². The van der Waals surface area contributed by atoms with Crippen molar-refractivity contribution >= 4 is 11.9 Å². The van der Waals surface area contributed by atoms with Gasteiger partial charge in [0.1, 0.15) is 0 Å². The van der Waals surface area contributed by atoms with Gasteiger partial charge in [0.25, 0.3) is 0 Å². The largest absolute Gasteiger partial charge is 0.368 e. The number of hydrogen-bond acceptors (Lipinski definition) is 4. The fourth-order valence-corrected chi connectivity index (χ4v) is 1.01. The number of hydrogen-bond donors (Lipinski definition) is 1. The first-order chi connectivity index (χ1) is 6.06. The molecule has 1 aromatic rings. The normalized spacial score (nSPS) is 12.9. The molecule has 5 heteroatoms. The van der Waals surface area contributed by atoms with Gasteiger partial charge in [-0.05, 0) is 13.3 Å². The first-order valence-corrected chi connectivity index (χ1v) is 4.45. The molecule has 0 aromatic carbocycles. The Morgan fingerprint density at radius 2 is 2.15 bits per heavy atom. The summed E-state index contributed by atoms with van der Waals surface area (Å²) >= 11 is 0. The molecular formula is C8H17N5. The van der Waals surface area contributed by atoms with Crippen molar-refractivity contribution in [3.8, 4) is 0 Å². The minimum Gasteiger partial charge on any atom is -0.368 e. The van der Waals surface area contributed by atoms with E-state index in [1.807, 2.05) is 19.0 Å². The zero-order chi connectivity index (χ0) is 10.0. The van der Waals surface area contributed by atoms with Gasteiger partial charge in [0.2, 0.25) is 11.9 Å². The molecule has 2 N–H and O–H groups in total. The van der Waals surface area contributed by atoms with Crippen LogP contribution in [0.2, 0.25) is 0 Å². The van der Waals surface area contributed by atoms with Crippen molar-refractivity contribution < 1.29 is 0 Å². The van der Waals surface area contributed by atoms with E-state index in [9.17, 15) is 0 Å².